The Morgan fingerprint density at radius 1 is 0.969 bits per heavy atom. The number of nitrogens with one attached hydrogen (secondary N) is 1. The van der Waals surface area contributed by atoms with Crippen LogP contribution in [0.25, 0.3) is 5.69 Å². The molecule has 1 amide bonds. The minimum Gasteiger partial charge on any atom is -0.378 e. The number of hydrazone groups is 1. The zero-order valence-corrected chi connectivity index (χ0v) is 19.3. The monoisotopic (exact) mass is 429 g/mol. The molecule has 3 aromatic rings. The number of rotatable bonds is 6. The Hall–Kier alpha value is -3.54. The van der Waals surface area contributed by atoms with Gasteiger partial charge in [-0.05, 0) is 81.3 Å². The molecule has 6 heteroatoms. The van der Waals surface area contributed by atoms with E-state index >= 15 is 0 Å². The van der Waals surface area contributed by atoms with Crippen molar-refractivity contribution in [3.63, 3.8) is 0 Å². The number of carbonyl (C=O) groups is 1. The van der Waals surface area contributed by atoms with Crippen molar-refractivity contribution in [1.82, 2.24) is 9.99 Å². The molecular formula is C26H31N5O. The third-order valence-electron chi connectivity index (χ3n) is 6.07. The summed E-state index contributed by atoms with van der Waals surface area (Å²) in [5, 5.41) is 4.21. The summed E-state index contributed by atoms with van der Waals surface area (Å²) in [6.45, 7) is 6.32. The number of nitrogens with zero attached hydrogens (tertiary/aromatic N) is 4. The molecule has 4 rings (SSSR count). The summed E-state index contributed by atoms with van der Waals surface area (Å²) >= 11 is 0. The largest absolute Gasteiger partial charge is 0.378 e. The summed E-state index contributed by atoms with van der Waals surface area (Å²) < 4.78 is 2.19. The van der Waals surface area contributed by atoms with E-state index in [1.165, 1.54) is 18.5 Å². The van der Waals surface area contributed by atoms with Crippen molar-refractivity contribution in [2.75, 3.05) is 37.0 Å². The van der Waals surface area contributed by atoms with Crippen molar-refractivity contribution in [1.29, 1.82) is 0 Å². The lowest BCUT2D eigenvalue weighted by Crippen LogP contribution is -2.19. The quantitative estimate of drug-likeness (QED) is 0.463. The highest BCUT2D eigenvalue weighted by Crippen LogP contribution is 2.22. The first-order valence-corrected chi connectivity index (χ1v) is 11.1. The second-order valence-corrected chi connectivity index (χ2v) is 8.51. The van der Waals surface area contributed by atoms with Gasteiger partial charge in [0.05, 0.1) is 6.21 Å². The number of hydrogen-bond acceptors (Lipinski definition) is 4. The van der Waals surface area contributed by atoms with Crippen LogP contribution < -0.4 is 15.2 Å². The fraction of sp³-hybridized carbons (Fsp3) is 0.308. The molecule has 32 heavy (non-hydrogen) atoms. The molecule has 0 aliphatic carbocycles. The summed E-state index contributed by atoms with van der Waals surface area (Å²) in [6, 6.07) is 18.3. The molecular weight excluding hydrogens is 398 g/mol. The maximum atomic E-state index is 12.5. The van der Waals surface area contributed by atoms with Gasteiger partial charge in [0.2, 0.25) is 0 Å². The van der Waals surface area contributed by atoms with Gasteiger partial charge in [0.15, 0.2) is 0 Å². The molecule has 1 aliphatic rings. The van der Waals surface area contributed by atoms with Gasteiger partial charge in [-0.25, -0.2) is 5.43 Å². The minimum absolute atomic E-state index is 0.206. The van der Waals surface area contributed by atoms with E-state index in [1.54, 1.807) is 6.21 Å². The fourth-order valence-corrected chi connectivity index (χ4v) is 4.24. The fourth-order valence-electron chi connectivity index (χ4n) is 4.24. The summed E-state index contributed by atoms with van der Waals surface area (Å²) in [5.74, 6) is -0.206. The molecule has 0 unspecified atom stereocenters. The highest BCUT2D eigenvalue weighted by molar-refractivity contribution is 5.95. The van der Waals surface area contributed by atoms with Crippen molar-refractivity contribution < 1.29 is 4.79 Å². The molecule has 0 bridgehead atoms. The van der Waals surface area contributed by atoms with Crippen LogP contribution in [0.5, 0.6) is 0 Å². The molecule has 1 N–H and O–H groups in total. The molecule has 1 aliphatic heterocycles. The first-order chi connectivity index (χ1) is 15.4. The summed E-state index contributed by atoms with van der Waals surface area (Å²) in [5.41, 5.74) is 9.87. The number of aromatic nitrogens is 1. The van der Waals surface area contributed by atoms with Gasteiger partial charge >= 0.3 is 0 Å². The van der Waals surface area contributed by atoms with Gasteiger partial charge in [0.25, 0.3) is 5.91 Å². The van der Waals surface area contributed by atoms with E-state index in [0.717, 1.165) is 41.4 Å². The molecule has 1 saturated heterocycles. The average molecular weight is 430 g/mol. The Balaban J connectivity index is 1.43. The second-order valence-electron chi connectivity index (χ2n) is 8.51. The van der Waals surface area contributed by atoms with Crippen LogP contribution in [-0.4, -0.2) is 43.9 Å². The summed E-state index contributed by atoms with van der Waals surface area (Å²) in [6.07, 6.45) is 4.18. The van der Waals surface area contributed by atoms with Crippen LogP contribution in [0.1, 0.15) is 40.2 Å². The Labute approximate surface area is 190 Å². The van der Waals surface area contributed by atoms with Crippen molar-refractivity contribution in [3.05, 3.63) is 77.1 Å². The molecule has 6 nitrogen and oxygen atoms in total. The smallest absolute Gasteiger partial charge is 0.271 e. The van der Waals surface area contributed by atoms with Crippen molar-refractivity contribution in [3.8, 4) is 5.69 Å². The van der Waals surface area contributed by atoms with Crippen LogP contribution >= 0.6 is 0 Å². The van der Waals surface area contributed by atoms with Gasteiger partial charge in [0, 0.05) is 66.8 Å². The molecule has 0 spiro atoms. The molecule has 1 aromatic heterocycles. The highest BCUT2D eigenvalue weighted by atomic mass is 16.2. The number of benzene rings is 2. The van der Waals surface area contributed by atoms with E-state index in [2.05, 4.69) is 69.1 Å². The Morgan fingerprint density at radius 3 is 2.22 bits per heavy atom. The van der Waals surface area contributed by atoms with E-state index in [4.69, 9.17) is 0 Å². The van der Waals surface area contributed by atoms with E-state index in [-0.39, 0.29) is 5.91 Å². The van der Waals surface area contributed by atoms with Gasteiger partial charge < -0.3 is 14.4 Å². The number of carbonyl (C=O) groups excluding carboxylic acids is 1. The molecule has 0 radical (unpaired) electrons. The van der Waals surface area contributed by atoms with Crippen molar-refractivity contribution in [2.45, 2.75) is 26.7 Å². The first-order valence-electron chi connectivity index (χ1n) is 11.1. The number of hydrogen-bond donors (Lipinski definition) is 1. The topological polar surface area (TPSA) is 52.9 Å². The highest BCUT2D eigenvalue weighted by Gasteiger charge is 2.13. The third-order valence-corrected chi connectivity index (χ3v) is 6.07. The lowest BCUT2D eigenvalue weighted by Gasteiger charge is -2.17. The van der Waals surface area contributed by atoms with E-state index in [9.17, 15) is 4.79 Å². The lowest BCUT2D eigenvalue weighted by molar-refractivity contribution is 0.0955. The second kappa shape index (κ2) is 9.30. The molecule has 2 heterocycles. The average Bonchev–Trinajstić information content (AvgIpc) is 3.42. The SMILES string of the molecule is Cc1cc(/C=N\NC(=O)c2ccc(N3CCCC3)cc2)c(C)n1-c1ccc(N(C)C)cc1. The summed E-state index contributed by atoms with van der Waals surface area (Å²) in [7, 11) is 4.07. The molecule has 0 saturated carbocycles. The summed E-state index contributed by atoms with van der Waals surface area (Å²) in [4.78, 5) is 16.9. The Morgan fingerprint density at radius 2 is 1.59 bits per heavy atom. The van der Waals surface area contributed by atoms with Gasteiger partial charge in [-0.3, -0.25) is 4.79 Å². The van der Waals surface area contributed by atoms with Crippen molar-refractivity contribution in [2.24, 2.45) is 5.10 Å². The van der Waals surface area contributed by atoms with Crippen LogP contribution in [-0.2, 0) is 0 Å². The lowest BCUT2D eigenvalue weighted by atomic mass is 10.2. The Kier molecular flexibility index (Phi) is 6.30. The van der Waals surface area contributed by atoms with E-state index in [0.29, 0.717) is 5.56 Å². The van der Waals surface area contributed by atoms with E-state index < -0.39 is 0 Å². The van der Waals surface area contributed by atoms with E-state index in [1.807, 2.05) is 38.4 Å². The third kappa shape index (κ3) is 4.54. The normalized spacial score (nSPS) is 13.7. The molecule has 0 atom stereocenters. The standard InChI is InChI=1S/C26H31N5O/c1-19-17-22(20(2)31(19)25-13-11-23(12-14-25)29(3)4)18-27-28-26(32)21-7-9-24(10-8-21)30-15-5-6-16-30/h7-14,17-18H,5-6,15-16H2,1-4H3,(H,28,32)/b27-18-. The number of anilines is 2. The van der Waals surface area contributed by atoms with Gasteiger partial charge in [-0.15, -0.1) is 0 Å². The van der Waals surface area contributed by atoms with Gasteiger partial charge in [0.1, 0.15) is 0 Å². The predicted octanol–water partition coefficient (Wildman–Crippen LogP) is 4.52. The van der Waals surface area contributed by atoms with Crippen LogP contribution in [0, 0.1) is 13.8 Å². The maximum Gasteiger partial charge on any atom is 0.271 e. The first kappa shape index (κ1) is 21.7. The predicted molar refractivity (Wildman–Crippen MR) is 133 cm³/mol. The van der Waals surface area contributed by atoms with Crippen LogP contribution in [0.3, 0.4) is 0 Å². The number of amides is 1. The minimum atomic E-state index is -0.206. The van der Waals surface area contributed by atoms with Gasteiger partial charge in [-0.2, -0.15) is 5.10 Å². The van der Waals surface area contributed by atoms with Crippen molar-refractivity contribution >= 4 is 23.5 Å². The zero-order chi connectivity index (χ0) is 22.7. The van der Waals surface area contributed by atoms with Crippen LogP contribution in [0.4, 0.5) is 11.4 Å². The Bertz CT molecular complexity index is 1100. The van der Waals surface area contributed by atoms with Crippen LogP contribution in [0.15, 0.2) is 59.7 Å². The molecule has 2 aromatic carbocycles. The maximum absolute atomic E-state index is 12.5. The van der Waals surface area contributed by atoms with Crippen LogP contribution in [0.2, 0.25) is 0 Å². The van der Waals surface area contributed by atoms with Gasteiger partial charge in [-0.1, -0.05) is 0 Å². The zero-order valence-electron chi connectivity index (χ0n) is 19.3. The molecule has 1 fully saturated rings. The number of aryl methyl sites for hydroxylation is 1. The molecule has 166 valence electrons.